The van der Waals surface area contributed by atoms with Crippen molar-refractivity contribution in [2.75, 3.05) is 13.7 Å². The number of benzene rings is 2. The summed E-state index contributed by atoms with van der Waals surface area (Å²) in [4.78, 5) is 13.6. The van der Waals surface area contributed by atoms with E-state index in [1.807, 2.05) is 54.6 Å². The molecule has 0 aliphatic heterocycles. The molecule has 0 spiro atoms. The molecule has 0 bridgehead atoms. The van der Waals surface area contributed by atoms with Gasteiger partial charge in [0, 0.05) is 11.5 Å². The molecular weight excluding hydrogens is 346 g/mol. The SMILES string of the molecule is CN(C(=O)OCc1ccccc1)C(CO)c1cccc(Br)c1. The molecule has 0 fully saturated rings. The summed E-state index contributed by atoms with van der Waals surface area (Å²) in [6.45, 7) is 0.0358. The van der Waals surface area contributed by atoms with Crippen LogP contribution in [0.5, 0.6) is 0 Å². The van der Waals surface area contributed by atoms with Crippen molar-refractivity contribution in [3.8, 4) is 0 Å². The third-order valence-corrected chi connectivity index (χ3v) is 3.86. The van der Waals surface area contributed by atoms with Crippen LogP contribution in [0.1, 0.15) is 17.2 Å². The number of carbonyl (C=O) groups is 1. The third kappa shape index (κ3) is 4.32. The van der Waals surface area contributed by atoms with E-state index in [1.165, 1.54) is 4.90 Å². The first kappa shape index (κ1) is 16.5. The molecule has 0 radical (unpaired) electrons. The maximum absolute atomic E-state index is 12.2. The van der Waals surface area contributed by atoms with Gasteiger partial charge in [-0.25, -0.2) is 4.79 Å². The highest BCUT2D eigenvalue weighted by atomic mass is 79.9. The molecule has 2 aromatic carbocycles. The first-order valence-corrected chi connectivity index (χ1v) is 7.71. The van der Waals surface area contributed by atoms with E-state index in [-0.39, 0.29) is 13.2 Å². The Morgan fingerprint density at radius 3 is 2.59 bits per heavy atom. The smallest absolute Gasteiger partial charge is 0.410 e. The maximum Gasteiger partial charge on any atom is 0.410 e. The van der Waals surface area contributed by atoms with Gasteiger partial charge in [-0.2, -0.15) is 0 Å². The molecule has 0 heterocycles. The van der Waals surface area contributed by atoms with Crippen molar-refractivity contribution >= 4 is 22.0 Å². The van der Waals surface area contributed by atoms with Gasteiger partial charge in [0.15, 0.2) is 0 Å². The van der Waals surface area contributed by atoms with Crippen molar-refractivity contribution in [2.45, 2.75) is 12.6 Å². The number of amides is 1. The molecule has 4 nitrogen and oxygen atoms in total. The number of hydrogen-bond acceptors (Lipinski definition) is 3. The van der Waals surface area contributed by atoms with Crippen molar-refractivity contribution in [2.24, 2.45) is 0 Å². The fraction of sp³-hybridized carbons (Fsp3) is 0.235. The molecule has 1 atom stereocenters. The molecule has 1 unspecified atom stereocenters. The lowest BCUT2D eigenvalue weighted by atomic mass is 10.1. The minimum absolute atomic E-state index is 0.173. The van der Waals surface area contributed by atoms with E-state index in [0.29, 0.717) is 0 Å². The lowest BCUT2D eigenvalue weighted by molar-refractivity contribution is 0.0759. The fourth-order valence-corrected chi connectivity index (χ4v) is 2.53. The van der Waals surface area contributed by atoms with Gasteiger partial charge in [0.1, 0.15) is 6.61 Å². The zero-order chi connectivity index (χ0) is 15.9. The van der Waals surface area contributed by atoms with Gasteiger partial charge < -0.3 is 14.7 Å². The number of rotatable bonds is 5. The van der Waals surface area contributed by atoms with Crippen LogP contribution in [-0.4, -0.2) is 29.8 Å². The Bertz CT molecular complexity index is 618. The minimum atomic E-state index is -0.470. The quantitative estimate of drug-likeness (QED) is 0.879. The van der Waals surface area contributed by atoms with Crippen LogP contribution in [0.25, 0.3) is 0 Å². The molecule has 1 N–H and O–H groups in total. The molecule has 5 heteroatoms. The van der Waals surface area contributed by atoms with Gasteiger partial charge in [0.2, 0.25) is 0 Å². The van der Waals surface area contributed by atoms with Gasteiger partial charge in [-0.3, -0.25) is 0 Å². The average Bonchev–Trinajstić information content (AvgIpc) is 2.54. The Morgan fingerprint density at radius 1 is 1.23 bits per heavy atom. The Hall–Kier alpha value is -1.85. The molecule has 0 aromatic heterocycles. The van der Waals surface area contributed by atoms with Crippen molar-refractivity contribution in [1.29, 1.82) is 0 Å². The van der Waals surface area contributed by atoms with E-state index in [0.717, 1.165) is 15.6 Å². The van der Waals surface area contributed by atoms with Crippen LogP contribution in [0.3, 0.4) is 0 Å². The second-order valence-electron chi connectivity index (χ2n) is 4.90. The van der Waals surface area contributed by atoms with Crippen LogP contribution in [0.4, 0.5) is 4.79 Å². The van der Waals surface area contributed by atoms with Gasteiger partial charge in [0.05, 0.1) is 12.6 Å². The first-order chi connectivity index (χ1) is 10.6. The van der Waals surface area contributed by atoms with Crippen LogP contribution in [0.2, 0.25) is 0 Å². The second-order valence-corrected chi connectivity index (χ2v) is 5.82. The summed E-state index contributed by atoms with van der Waals surface area (Å²) in [6, 6.07) is 16.5. The standard InChI is InChI=1S/C17H18BrNO3/c1-19(16(11-20)14-8-5-9-15(18)10-14)17(21)22-12-13-6-3-2-4-7-13/h2-10,16,20H,11-12H2,1H3. The van der Waals surface area contributed by atoms with Crippen LogP contribution in [0, 0.1) is 0 Å². The van der Waals surface area contributed by atoms with Crippen molar-refractivity contribution in [3.05, 3.63) is 70.2 Å². The lowest BCUT2D eigenvalue weighted by Gasteiger charge is -2.26. The lowest BCUT2D eigenvalue weighted by Crippen LogP contribution is -2.33. The number of ether oxygens (including phenoxy) is 1. The molecule has 0 saturated carbocycles. The second kappa shape index (κ2) is 7.96. The van der Waals surface area contributed by atoms with Crippen LogP contribution >= 0.6 is 15.9 Å². The van der Waals surface area contributed by atoms with E-state index in [9.17, 15) is 9.90 Å². The van der Waals surface area contributed by atoms with Crippen LogP contribution in [0.15, 0.2) is 59.1 Å². The van der Waals surface area contributed by atoms with Gasteiger partial charge in [-0.1, -0.05) is 58.4 Å². The number of likely N-dealkylation sites (N-methyl/N-ethyl adjacent to an activating group) is 1. The predicted molar refractivity (Wildman–Crippen MR) is 88.4 cm³/mol. The monoisotopic (exact) mass is 363 g/mol. The Labute approximate surface area is 138 Å². The summed E-state index contributed by atoms with van der Waals surface area (Å²) >= 11 is 3.39. The normalized spacial score (nSPS) is 11.8. The summed E-state index contributed by atoms with van der Waals surface area (Å²) in [5.41, 5.74) is 1.77. The number of nitrogens with zero attached hydrogens (tertiary/aromatic N) is 1. The molecule has 22 heavy (non-hydrogen) atoms. The highest BCUT2D eigenvalue weighted by molar-refractivity contribution is 9.10. The van der Waals surface area contributed by atoms with Crippen molar-refractivity contribution in [1.82, 2.24) is 4.90 Å². The molecule has 2 rings (SSSR count). The minimum Gasteiger partial charge on any atom is -0.445 e. The average molecular weight is 364 g/mol. The van der Waals surface area contributed by atoms with E-state index < -0.39 is 12.1 Å². The van der Waals surface area contributed by atoms with Crippen LogP contribution in [-0.2, 0) is 11.3 Å². The number of aliphatic hydroxyl groups is 1. The summed E-state index contributed by atoms with van der Waals surface area (Å²) in [7, 11) is 1.62. The van der Waals surface area contributed by atoms with E-state index >= 15 is 0 Å². The number of hydrogen-bond donors (Lipinski definition) is 1. The third-order valence-electron chi connectivity index (χ3n) is 3.37. The molecule has 2 aromatic rings. The zero-order valence-corrected chi connectivity index (χ0v) is 13.9. The maximum atomic E-state index is 12.2. The molecule has 1 amide bonds. The Kier molecular flexibility index (Phi) is 5.98. The first-order valence-electron chi connectivity index (χ1n) is 6.91. The number of halogens is 1. The fourth-order valence-electron chi connectivity index (χ4n) is 2.11. The van der Waals surface area contributed by atoms with Crippen LogP contribution < -0.4 is 0 Å². The van der Waals surface area contributed by atoms with Gasteiger partial charge >= 0.3 is 6.09 Å². The zero-order valence-electron chi connectivity index (χ0n) is 12.3. The topological polar surface area (TPSA) is 49.8 Å². The highest BCUT2D eigenvalue weighted by Crippen LogP contribution is 2.23. The summed E-state index contributed by atoms with van der Waals surface area (Å²) in [5, 5.41) is 9.61. The molecule has 116 valence electrons. The van der Waals surface area contributed by atoms with E-state index in [1.54, 1.807) is 7.05 Å². The molecule has 0 aliphatic carbocycles. The van der Waals surface area contributed by atoms with Crippen molar-refractivity contribution < 1.29 is 14.6 Å². The summed E-state index contributed by atoms with van der Waals surface area (Å²) in [5.74, 6) is 0. The van der Waals surface area contributed by atoms with Gasteiger partial charge in [-0.15, -0.1) is 0 Å². The van der Waals surface area contributed by atoms with Gasteiger partial charge in [-0.05, 0) is 23.3 Å². The molecule has 0 saturated heterocycles. The van der Waals surface area contributed by atoms with Crippen molar-refractivity contribution in [3.63, 3.8) is 0 Å². The van der Waals surface area contributed by atoms with E-state index in [4.69, 9.17) is 4.74 Å². The predicted octanol–water partition coefficient (Wildman–Crippen LogP) is 3.75. The largest absolute Gasteiger partial charge is 0.445 e. The Balaban J connectivity index is 2.01. The molecular formula is C17H18BrNO3. The summed E-state index contributed by atoms with van der Waals surface area (Å²) in [6.07, 6.45) is -0.470. The molecule has 0 aliphatic rings. The Morgan fingerprint density at radius 2 is 1.95 bits per heavy atom. The van der Waals surface area contributed by atoms with E-state index in [2.05, 4.69) is 15.9 Å². The number of carbonyl (C=O) groups excluding carboxylic acids is 1. The van der Waals surface area contributed by atoms with Gasteiger partial charge in [0.25, 0.3) is 0 Å². The highest BCUT2D eigenvalue weighted by Gasteiger charge is 2.22. The summed E-state index contributed by atoms with van der Waals surface area (Å²) < 4.78 is 6.19. The number of aliphatic hydroxyl groups excluding tert-OH is 1.